The molecular weight excluding hydrogens is 302 g/mol. The maximum Gasteiger partial charge on any atom is 0.249 e. The molecule has 1 unspecified atom stereocenters. The highest BCUT2D eigenvalue weighted by Gasteiger charge is 2.15. The fourth-order valence-electron chi connectivity index (χ4n) is 2.33. The Labute approximate surface area is 134 Å². The Morgan fingerprint density at radius 1 is 1.41 bits per heavy atom. The highest BCUT2D eigenvalue weighted by atomic mass is 35.5. The Morgan fingerprint density at radius 3 is 3.14 bits per heavy atom. The van der Waals surface area contributed by atoms with Crippen LogP contribution >= 0.6 is 11.6 Å². The molecule has 22 heavy (non-hydrogen) atoms. The Bertz CT molecular complexity index is 646. The van der Waals surface area contributed by atoms with Crippen LogP contribution in [-0.2, 0) is 4.74 Å². The summed E-state index contributed by atoms with van der Waals surface area (Å²) in [6, 6.07) is 5.66. The maximum atomic E-state index is 6.11. The van der Waals surface area contributed by atoms with Crippen LogP contribution in [0.4, 0.5) is 17.5 Å². The van der Waals surface area contributed by atoms with Crippen LogP contribution in [0.15, 0.2) is 24.4 Å². The van der Waals surface area contributed by atoms with E-state index >= 15 is 0 Å². The molecule has 7 heteroatoms. The molecule has 0 saturated carbocycles. The molecule has 1 aliphatic rings. The standard InChI is InChI=1S/C15H18ClN5O/c1-10-12(16)5-2-6-13(10)19-15-20-14(9-18-21-15)17-8-11-4-3-7-22-11/h2,5-6,9,11H,3-4,7-8H2,1H3,(H2,17,19,20,21). The van der Waals surface area contributed by atoms with E-state index in [1.807, 2.05) is 25.1 Å². The maximum absolute atomic E-state index is 6.11. The number of aromatic nitrogens is 3. The van der Waals surface area contributed by atoms with E-state index < -0.39 is 0 Å². The molecule has 0 radical (unpaired) electrons. The van der Waals surface area contributed by atoms with Gasteiger partial charge in [-0.3, -0.25) is 0 Å². The third-order valence-electron chi connectivity index (χ3n) is 3.61. The van der Waals surface area contributed by atoms with Gasteiger partial charge in [0.1, 0.15) is 0 Å². The van der Waals surface area contributed by atoms with Gasteiger partial charge in [0.15, 0.2) is 5.82 Å². The quantitative estimate of drug-likeness (QED) is 0.882. The van der Waals surface area contributed by atoms with Crippen LogP contribution in [0.25, 0.3) is 0 Å². The van der Waals surface area contributed by atoms with Crippen molar-refractivity contribution in [3.8, 4) is 0 Å². The molecule has 3 rings (SSSR count). The van der Waals surface area contributed by atoms with E-state index in [2.05, 4.69) is 25.8 Å². The number of hydrogen-bond acceptors (Lipinski definition) is 6. The molecule has 1 aliphatic heterocycles. The van der Waals surface area contributed by atoms with Crippen molar-refractivity contribution in [3.05, 3.63) is 35.0 Å². The summed E-state index contributed by atoms with van der Waals surface area (Å²) in [4.78, 5) is 4.41. The minimum atomic E-state index is 0.251. The minimum Gasteiger partial charge on any atom is -0.376 e. The fourth-order valence-corrected chi connectivity index (χ4v) is 2.50. The largest absolute Gasteiger partial charge is 0.376 e. The Morgan fingerprint density at radius 2 is 2.32 bits per heavy atom. The van der Waals surface area contributed by atoms with E-state index in [-0.39, 0.29) is 6.10 Å². The summed E-state index contributed by atoms with van der Waals surface area (Å²) in [5, 5.41) is 15.0. The topological polar surface area (TPSA) is 72.0 Å². The molecule has 0 aliphatic carbocycles. The third-order valence-corrected chi connectivity index (χ3v) is 4.02. The Kier molecular flexibility index (Phi) is 4.70. The molecule has 1 aromatic carbocycles. The lowest BCUT2D eigenvalue weighted by Gasteiger charge is -2.12. The van der Waals surface area contributed by atoms with Crippen molar-refractivity contribution in [2.75, 3.05) is 23.8 Å². The van der Waals surface area contributed by atoms with Gasteiger partial charge in [0.2, 0.25) is 5.95 Å². The van der Waals surface area contributed by atoms with Gasteiger partial charge in [0.25, 0.3) is 0 Å². The molecule has 1 fully saturated rings. The number of rotatable bonds is 5. The van der Waals surface area contributed by atoms with Gasteiger partial charge in [0.05, 0.1) is 12.3 Å². The van der Waals surface area contributed by atoms with E-state index in [1.165, 1.54) is 0 Å². The van der Waals surface area contributed by atoms with Gasteiger partial charge in [-0.05, 0) is 37.5 Å². The zero-order valence-electron chi connectivity index (χ0n) is 12.3. The van der Waals surface area contributed by atoms with Crippen LogP contribution in [0.1, 0.15) is 18.4 Å². The van der Waals surface area contributed by atoms with Crippen LogP contribution in [-0.4, -0.2) is 34.4 Å². The van der Waals surface area contributed by atoms with Crippen LogP contribution in [0.3, 0.4) is 0 Å². The molecule has 2 heterocycles. The lowest BCUT2D eigenvalue weighted by Crippen LogP contribution is -2.19. The smallest absolute Gasteiger partial charge is 0.249 e. The summed E-state index contributed by atoms with van der Waals surface area (Å²) in [6.45, 7) is 3.52. The van der Waals surface area contributed by atoms with E-state index in [0.29, 0.717) is 16.8 Å². The van der Waals surface area contributed by atoms with Gasteiger partial charge in [-0.25, -0.2) is 0 Å². The molecule has 2 N–H and O–H groups in total. The molecule has 0 amide bonds. The summed E-state index contributed by atoms with van der Waals surface area (Å²) < 4.78 is 5.57. The molecule has 6 nitrogen and oxygen atoms in total. The van der Waals surface area contributed by atoms with Gasteiger partial charge in [-0.1, -0.05) is 17.7 Å². The van der Waals surface area contributed by atoms with E-state index in [1.54, 1.807) is 6.20 Å². The zero-order valence-corrected chi connectivity index (χ0v) is 13.1. The number of halogens is 1. The number of hydrogen-bond donors (Lipinski definition) is 2. The zero-order chi connectivity index (χ0) is 15.4. The SMILES string of the molecule is Cc1c(Cl)cccc1Nc1nncc(NCC2CCCO2)n1. The Hall–Kier alpha value is -1.92. The first-order valence-electron chi connectivity index (χ1n) is 7.30. The molecule has 0 bridgehead atoms. The summed E-state index contributed by atoms with van der Waals surface area (Å²) >= 11 is 6.11. The van der Waals surface area contributed by atoms with Gasteiger partial charge in [-0.15, -0.1) is 5.10 Å². The number of nitrogens with one attached hydrogen (secondary N) is 2. The van der Waals surface area contributed by atoms with Crippen molar-refractivity contribution >= 4 is 29.1 Å². The first-order valence-corrected chi connectivity index (χ1v) is 7.67. The van der Waals surface area contributed by atoms with Crippen molar-refractivity contribution < 1.29 is 4.74 Å². The minimum absolute atomic E-state index is 0.251. The molecule has 1 saturated heterocycles. The van der Waals surface area contributed by atoms with Crippen molar-refractivity contribution in [2.45, 2.75) is 25.9 Å². The molecule has 1 aromatic heterocycles. The summed E-state index contributed by atoms with van der Waals surface area (Å²) in [5.74, 6) is 1.11. The highest BCUT2D eigenvalue weighted by Crippen LogP contribution is 2.25. The van der Waals surface area contributed by atoms with E-state index in [4.69, 9.17) is 16.3 Å². The van der Waals surface area contributed by atoms with Gasteiger partial charge >= 0.3 is 0 Å². The van der Waals surface area contributed by atoms with E-state index in [0.717, 1.165) is 37.2 Å². The van der Waals surface area contributed by atoms with Crippen molar-refractivity contribution in [2.24, 2.45) is 0 Å². The second-order valence-electron chi connectivity index (χ2n) is 5.22. The predicted molar refractivity (Wildman–Crippen MR) is 86.8 cm³/mol. The third kappa shape index (κ3) is 3.64. The molecule has 0 spiro atoms. The average Bonchev–Trinajstić information content (AvgIpc) is 3.04. The monoisotopic (exact) mass is 319 g/mol. The van der Waals surface area contributed by atoms with Crippen LogP contribution < -0.4 is 10.6 Å². The lowest BCUT2D eigenvalue weighted by atomic mass is 10.2. The number of anilines is 3. The van der Waals surface area contributed by atoms with Crippen molar-refractivity contribution in [3.63, 3.8) is 0 Å². The summed E-state index contributed by atoms with van der Waals surface area (Å²) in [5.41, 5.74) is 1.82. The van der Waals surface area contributed by atoms with E-state index in [9.17, 15) is 0 Å². The second-order valence-corrected chi connectivity index (χ2v) is 5.63. The number of nitrogens with zero attached hydrogens (tertiary/aromatic N) is 3. The van der Waals surface area contributed by atoms with Crippen LogP contribution in [0, 0.1) is 6.92 Å². The molecule has 2 aromatic rings. The van der Waals surface area contributed by atoms with Gasteiger partial charge in [-0.2, -0.15) is 10.1 Å². The van der Waals surface area contributed by atoms with Crippen molar-refractivity contribution in [1.82, 2.24) is 15.2 Å². The lowest BCUT2D eigenvalue weighted by molar-refractivity contribution is 0.120. The second kappa shape index (κ2) is 6.89. The summed E-state index contributed by atoms with van der Waals surface area (Å²) in [7, 11) is 0. The predicted octanol–water partition coefficient (Wildman–Crippen LogP) is 3.17. The normalized spacial score (nSPS) is 17.5. The average molecular weight is 320 g/mol. The van der Waals surface area contributed by atoms with Crippen LogP contribution in [0.5, 0.6) is 0 Å². The first-order chi connectivity index (χ1) is 10.7. The number of ether oxygens (including phenoxy) is 1. The number of benzene rings is 1. The van der Waals surface area contributed by atoms with Gasteiger partial charge in [0, 0.05) is 23.9 Å². The summed E-state index contributed by atoms with van der Waals surface area (Å²) in [6.07, 6.45) is 4.06. The molecular formula is C15H18ClN5O. The molecule has 1 atom stereocenters. The highest BCUT2D eigenvalue weighted by molar-refractivity contribution is 6.31. The first kappa shape index (κ1) is 15.0. The molecule has 116 valence electrons. The fraction of sp³-hybridized carbons (Fsp3) is 0.400. The van der Waals surface area contributed by atoms with Crippen LogP contribution in [0.2, 0.25) is 5.02 Å². The Balaban J connectivity index is 1.66. The van der Waals surface area contributed by atoms with Gasteiger partial charge < -0.3 is 15.4 Å². The van der Waals surface area contributed by atoms with Crippen molar-refractivity contribution in [1.29, 1.82) is 0 Å².